The number of nitrogens with two attached hydrogens (primary N) is 1. The van der Waals surface area contributed by atoms with E-state index in [1.165, 1.54) is 22.9 Å². The van der Waals surface area contributed by atoms with Gasteiger partial charge in [-0.25, -0.2) is 0 Å². The molecule has 1 aliphatic rings. The topological polar surface area (TPSA) is 26.0 Å². The molecule has 0 saturated heterocycles. The van der Waals surface area contributed by atoms with Crippen LogP contribution >= 0.6 is 15.9 Å². The van der Waals surface area contributed by atoms with Crippen molar-refractivity contribution in [3.63, 3.8) is 0 Å². The summed E-state index contributed by atoms with van der Waals surface area (Å²) in [5, 5.41) is 0. The van der Waals surface area contributed by atoms with Gasteiger partial charge in [0.1, 0.15) is 0 Å². The third-order valence-corrected chi connectivity index (χ3v) is 2.76. The largest absolute Gasteiger partial charge is 0.399 e. The van der Waals surface area contributed by atoms with Crippen LogP contribution < -0.4 is 5.73 Å². The number of anilines is 1. The van der Waals surface area contributed by atoms with Gasteiger partial charge in [0.2, 0.25) is 0 Å². The molecule has 0 amide bonds. The molecule has 2 heteroatoms. The van der Waals surface area contributed by atoms with Gasteiger partial charge in [0.15, 0.2) is 0 Å². The molecule has 0 radical (unpaired) electrons. The molecule has 1 aliphatic carbocycles. The second-order valence-corrected chi connectivity index (χ2v) is 3.91. The van der Waals surface area contributed by atoms with E-state index in [9.17, 15) is 0 Å². The zero-order valence-electron chi connectivity index (χ0n) is 6.18. The minimum atomic E-state index is 0.771. The molecule has 0 aliphatic heterocycles. The second-order valence-electron chi connectivity index (χ2n) is 3.06. The van der Waals surface area contributed by atoms with Gasteiger partial charge in [-0.3, -0.25) is 0 Å². The molecule has 0 aromatic heterocycles. The Hall–Kier alpha value is -0.500. The summed E-state index contributed by atoms with van der Waals surface area (Å²) in [5.74, 6) is 0.771. The fraction of sp³-hybridized carbons (Fsp3) is 0.333. The summed E-state index contributed by atoms with van der Waals surface area (Å²) in [4.78, 5) is 0. The van der Waals surface area contributed by atoms with Crippen molar-refractivity contribution in [1.29, 1.82) is 0 Å². The Bertz CT molecular complexity index is 279. The monoisotopic (exact) mass is 211 g/mol. The Morgan fingerprint density at radius 3 is 2.73 bits per heavy atom. The van der Waals surface area contributed by atoms with Gasteiger partial charge >= 0.3 is 0 Å². The lowest BCUT2D eigenvalue weighted by molar-refractivity contribution is 1.12. The molecular formula is C9H10BrN. The third kappa shape index (κ3) is 1.41. The average molecular weight is 212 g/mol. The maximum Gasteiger partial charge on any atom is 0.0317 e. The van der Waals surface area contributed by atoms with Crippen molar-refractivity contribution < 1.29 is 0 Å². The summed E-state index contributed by atoms with van der Waals surface area (Å²) >= 11 is 3.52. The smallest absolute Gasteiger partial charge is 0.0317 e. The number of halogens is 1. The number of benzene rings is 1. The number of hydrogen-bond acceptors (Lipinski definition) is 1. The van der Waals surface area contributed by atoms with Gasteiger partial charge in [0, 0.05) is 10.2 Å². The molecule has 0 atom stereocenters. The van der Waals surface area contributed by atoms with E-state index in [-0.39, 0.29) is 0 Å². The molecule has 2 N–H and O–H groups in total. The van der Waals surface area contributed by atoms with E-state index in [0.29, 0.717) is 0 Å². The lowest BCUT2D eigenvalue weighted by atomic mass is 10.1. The minimum Gasteiger partial charge on any atom is -0.399 e. The van der Waals surface area contributed by atoms with Crippen molar-refractivity contribution in [1.82, 2.24) is 0 Å². The summed E-state index contributed by atoms with van der Waals surface area (Å²) in [6, 6.07) is 6.03. The lowest BCUT2D eigenvalue weighted by Gasteiger charge is -2.02. The van der Waals surface area contributed by atoms with Gasteiger partial charge in [-0.1, -0.05) is 15.9 Å². The van der Waals surface area contributed by atoms with Gasteiger partial charge in [0.05, 0.1) is 0 Å². The number of rotatable bonds is 1. The first kappa shape index (κ1) is 7.17. The van der Waals surface area contributed by atoms with Crippen LogP contribution in [0.5, 0.6) is 0 Å². The second kappa shape index (κ2) is 2.52. The molecule has 11 heavy (non-hydrogen) atoms. The fourth-order valence-electron chi connectivity index (χ4n) is 1.27. The highest BCUT2D eigenvalue weighted by Gasteiger charge is 2.25. The quantitative estimate of drug-likeness (QED) is 0.711. The maximum absolute atomic E-state index is 5.67. The van der Waals surface area contributed by atoms with Crippen molar-refractivity contribution in [3.05, 3.63) is 28.2 Å². The lowest BCUT2D eigenvalue weighted by Crippen LogP contribution is -1.87. The Labute approximate surface area is 74.7 Å². The van der Waals surface area contributed by atoms with Crippen LogP contribution in [0.15, 0.2) is 22.7 Å². The van der Waals surface area contributed by atoms with Gasteiger partial charge in [-0.05, 0) is 42.5 Å². The minimum absolute atomic E-state index is 0.771. The average Bonchev–Trinajstić information content (AvgIpc) is 2.76. The predicted octanol–water partition coefficient (Wildman–Crippen LogP) is 2.91. The first-order chi connectivity index (χ1) is 5.27. The van der Waals surface area contributed by atoms with E-state index < -0.39 is 0 Å². The van der Waals surface area contributed by atoms with Crippen LogP contribution in [0.25, 0.3) is 0 Å². The van der Waals surface area contributed by atoms with E-state index in [4.69, 9.17) is 5.73 Å². The molecule has 1 aromatic rings. The van der Waals surface area contributed by atoms with Crippen molar-refractivity contribution >= 4 is 21.6 Å². The van der Waals surface area contributed by atoms with Crippen LogP contribution in [0.1, 0.15) is 24.3 Å². The Balaban J connectivity index is 2.42. The van der Waals surface area contributed by atoms with Gasteiger partial charge in [-0.2, -0.15) is 0 Å². The molecule has 1 saturated carbocycles. The van der Waals surface area contributed by atoms with Gasteiger partial charge in [-0.15, -0.1) is 0 Å². The SMILES string of the molecule is Nc1ccc(Br)c(C2CC2)c1. The van der Waals surface area contributed by atoms with Crippen LogP contribution in [0.3, 0.4) is 0 Å². The summed E-state index contributed by atoms with van der Waals surface area (Å²) in [6.45, 7) is 0. The first-order valence-electron chi connectivity index (χ1n) is 3.82. The third-order valence-electron chi connectivity index (χ3n) is 2.04. The fourth-order valence-corrected chi connectivity index (χ4v) is 1.84. The standard InChI is InChI=1S/C9H10BrN/c10-9-4-3-7(11)5-8(9)6-1-2-6/h3-6H,1-2,11H2. The highest BCUT2D eigenvalue weighted by atomic mass is 79.9. The van der Waals surface area contributed by atoms with E-state index in [2.05, 4.69) is 22.0 Å². The molecule has 0 unspecified atom stereocenters. The molecule has 1 aromatic carbocycles. The summed E-state index contributed by atoms with van der Waals surface area (Å²) in [6.07, 6.45) is 2.64. The van der Waals surface area contributed by atoms with Crippen molar-refractivity contribution in [2.45, 2.75) is 18.8 Å². The van der Waals surface area contributed by atoms with E-state index in [0.717, 1.165) is 11.6 Å². The van der Waals surface area contributed by atoms with Crippen LogP contribution in [0, 0.1) is 0 Å². The van der Waals surface area contributed by atoms with Crippen LogP contribution in [0.4, 0.5) is 5.69 Å². The predicted molar refractivity (Wildman–Crippen MR) is 50.5 cm³/mol. The number of nitrogen functional groups attached to an aromatic ring is 1. The molecule has 0 heterocycles. The molecule has 1 fully saturated rings. The molecule has 0 bridgehead atoms. The summed E-state index contributed by atoms with van der Waals surface area (Å²) in [7, 11) is 0. The van der Waals surface area contributed by atoms with E-state index in [1.54, 1.807) is 0 Å². The van der Waals surface area contributed by atoms with Crippen LogP contribution in [-0.2, 0) is 0 Å². The van der Waals surface area contributed by atoms with Crippen molar-refractivity contribution in [2.75, 3.05) is 5.73 Å². The zero-order valence-corrected chi connectivity index (χ0v) is 7.76. The Morgan fingerprint density at radius 2 is 2.09 bits per heavy atom. The Kier molecular flexibility index (Phi) is 1.64. The first-order valence-corrected chi connectivity index (χ1v) is 4.61. The molecule has 1 nitrogen and oxygen atoms in total. The molecule has 58 valence electrons. The molecule has 0 spiro atoms. The summed E-state index contributed by atoms with van der Waals surface area (Å²) < 4.78 is 1.20. The molecular weight excluding hydrogens is 202 g/mol. The van der Waals surface area contributed by atoms with Crippen LogP contribution in [0.2, 0.25) is 0 Å². The highest BCUT2D eigenvalue weighted by Crippen LogP contribution is 2.43. The van der Waals surface area contributed by atoms with Gasteiger partial charge in [0.25, 0.3) is 0 Å². The highest BCUT2D eigenvalue weighted by molar-refractivity contribution is 9.10. The van der Waals surface area contributed by atoms with E-state index in [1.807, 2.05) is 12.1 Å². The van der Waals surface area contributed by atoms with Crippen molar-refractivity contribution in [2.24, 2.45) is 0 Å². The molecule has 2 rings (SSSR count). The number of hydrogen-bond donors (Lipinski definition) is 1. The van der Waals surface area contributed by atoms with Crippen molar-refractivity contribution in [3.8, 4) is 0 Å². The maximum atomic E-state index is 5.67. The zero-order chi connectivity index (χ0) is 7.84. The van der Waals surface area contributed by atoms with E-state index >= 15 is 0 Å². The van der Waals surface area contributed by atoms with Crippen LogP contribution in [-0.4, -0.2) is 0 Å². The summed E-state index contributed by atoms with van der Waals surface area (Å²) in [5.41, 5.74) is 7.92. The van der Waals surface area contributed by atoms with Gasteiger partial charge < -0.3 is 5.73 Å². The normalized spacial score (nSPS) is 16.8. The Morgan fingerprint density at radius 1 is 1.36 bits per heavy atom.